The summed E-state index contributed by atoms with van der Waals surface area (Å²) in [5, 5.41) is 21.3. The van der Waals surface area contributed by atoms with E-state index in [9.17, 15) is 5.11 Å². The number of aryl methyl sites for hydroxylation is 1. The monoisotopic (exact) mass is 237 g/mol. The van der Waals surface area contributed by atoms with Gasteiger partial charge in [-0.05, 0) is 32.3 Å². The third kappa shape index (κ3) is 5.82. The first-order valence-corrected chi connectivity index (χ1v) is 6.11. The smallest absolute Gasteiger partial charge is 0.0895 e. The van der Waals surface area contributed by atoms with Gasteiger partial charge in [0.25, 0.3) is 0 Å². The van der Waals surface area contributed by atoms with E-state index in [0.717, 1.165) is 12.8 Å². The van der Waals surface area contributed by atoms with Crippen LogP contribution in [0.3, 0.4) is 0 Å². The van der Waals surface area contributed by atoms with E-state index in [4.69, 9.17) is 5.11 Å². The lowest BCUT2D eigenvalue weighted by Crippen LogP contribution is -2.44. The highest BCUT2D eigenvalue weighted by atomic mass is 16.3. The van der Waals surface area contributed by atoms with E-state index < -0.39 is 6.10 Å². The van der Waals surface area contributed by atoms with Crippen LogP contribution >= 0.6 is 0 Å². The fourth-order valence-electron chi connectivity index (χ4n) is 1.65. The van der Waals surface area contributed by atoms with Crippen LogP contribution in [0.5, 0.6) is 0 Å². The normalized spacial score (nSPS) is 13.6. The van der Waals surface area contributed by atoms with E-state index in [1.165, 1.54) is 5.56 Å². The topological polar surface area (TPSA) is 52.5 Å². The van der Waals surface area contributed by atoms with Gasteiger partial charge in [0.05, 0.1) is 12.7 Å². The fourth-order valence-corrected chi connectivity index (χ4v) is 1.65. The maximum absolute atomic E-state index is 9.29. The zero-order valence-electron chi connectivity index (χ0n) is 10.7. The first-order valence-electron chi connectivity index (χ1n) is 6.11. The Hall–Kier alpha value is -0.900. The van der Waals surface area contributed by atoms with Crippen molar-refractivity contribution in [2.75, 3.05) is 13.2 Å². The van der Waals surface area contributed by atoms with Crippen LogP contribution in [0.15, 0.2) is 30.3 Å². The predicted octanol–water partition coefficient (Wildman–Crippen LogP) is 1.34. The third-order valence-corrected chi connectivity index (χ3v) is 2.91. The first-order chi connectivity index (χ1) is 8.03. The van der Waals surface area contributed by atoms with Crippen molar-refractivity contribution in [2.24, 2.45) is 0 Å². The Bertz CT molecular complexity index is 311. The summed E-state index contributed by atoms with van der Waals surface area (Å²) in [7, 11) is 0. The fraction of sp³-hybridized carbons (Fsp3) is 0.571. The molecule has 0 aliphatic carbocycles. The highest BCUT2D eigenvalue weighted by molar-refractivity contribution is 5.15. The van der Waals surface area contributed by atoms with Gasteiger partial charge in [-0.2, -0.15) is 0 Å². The number of benzene rings is 1. The Morgan fingerprint density at radius 1 is 1.24 bits per heavy atom. The summed E-state index contributed by atoms with van der Waals surface area (Å²) >= 11 is 0. The van der Waals surface area contributed by atoms with Crippen molar-refractivity contribution >= 4 is 0 Å². The third-order valence-electron chi connectivity index (χ3n) is 2.91. The molecule has 0 saturated heterocycles. The highest BCUT2D eigenvalue weighted by Gasteiger charge is 2.17. The molecule has 17 heavy (non-hydrogen) atoms. The van der Waals surface area contributed by atoms with Crippen LogP contribution in [0, 0.1) is 0 Å². The van der Waals surface area contributed by atoms with E-state index >= 15 is 0 Å². The lowest BCUT2D eigenvalue weighted by atomic mass is 9.95. The van der Waals surface area contributed by atoms with Crippen molar-refractivity contribution in [3.8, 4) is 0 Å². The first kappa shape index (κ1) is 14.2. The van der Waals surface area contributed by atoms with Crippen molar-refractivity contribution in [1.82, 2.24) is 5.32 Å². The van der Waals surface area contributed by atoms with Crippen LogP contribution in [0.4, 0.5) is 0 Å². The van der Waals surface area contributed by atoms with Crippen molar-refractivity contribution in [3.05, 3.63) is 35.9 Å². The molecule has 3 heteroatoms. The van der Waals surface area contributed by atoms with Crippen LogP contribution in [0.25, 0.3) is 0 Å². The van der Waals surface area contributed by atoms with Crippen molar-refractivity contribution in [1.29, 1.82) is 0 Å². The molecule has 0 unspecified atom stereocenters. The molecule has 3 nitrogen and oxygen atoms in total. The Labute approximate surface area is 103 Å². The van der Waals surface area contributed by atoms with Gasteiger partial charge >= 0.3 is 0 Å². The summed E-state index contributed by atoms with van der Waals surface area (Å²) in [6.07, 6.45) is 1.33. The molecule has 1 aromatic rings. The van der Waals surface area contributed by atoms with E-state index in [0.29, 0.717) is 6.54 Å². The summed E-state index contributed by atoms with van der Waals surface area (Å²) < 4.78 is 0. The van der Waals surface area contributed by atoms with Gasteiger partial charge in [-0.15, -0.1) is 0 Å². The number of aliphatic hydroxyl groups excluding tert-OH is 2. The minimum absolute atomic E-state index is 0.0357. The molecule has 1 atom stereocenters. The molecule has 96 valence electrons. The standard InChI is InChI=1S/C14H23NO2/c1-14(2,15-10-13(17)11-16)9-8-12-6-4-3-5-7-12/h3-7,13,15-17H,8-11H2,1-2H3/t13-/m0/s1. The molecule has 3 N–H and O–H groups in total. The van der Waals surface area contributed by atoms with Crippen LogP contribution in [-0.2, 0) is 6.42 Å². The highest BCUT2D eigenvalue weighted by Crippen LogP contribution is 2.13. The van der Waals surface area contributed by atoms with Gasteiger partial charge < -0.3 is 15.5 Å². The van der Waals surface area contributed by atoms with Gasteiger partial charge in [0, 0.05) is 12.1 Å². The molecule has 0 amide bonds. The predicted molar refractivity (Wildman–Crippen MR) is 69.9 cm³/mol. The molecule has 1 rings (SSSR count). The molecular formula is C14H23NO2. The van der Waals surface area contributed by atoms with Crippen LogP contribution in [0.1, 0.15) is 25.8 Å². The molecule has 0 fully saturated rings. The zero-order valence-corrected chi connectivity index (χ0v) is 10.7. The van der Waals surface area contributed by atoms with Crippen molar-refractivity contribution < 1.29 is 10.2 Å². The van der Waals surface area contributed by atoms with Crippen LogP contribution < -0.4 is 5.32 Å². The maximum atomic E-state index is 9.29. The molecule has 0 aliphatic heterocycles. The Morgan fingerprint density at radius 2 is 1.88 bits per heavy atom. The van der Waals surface area contributed by atoms with E-state index in [1.807, 2.05) is 18.2 Å². The van der Waals surface area contributed by atoms with Gasteiger partial charge in [-0.1, -0.05) is 30.3 Å². The Morgan fingerprint density at radius 3 is 2.47 bits per heavy atom. The van der Waals surface area contributed by atoms with Gasteiger partial charge in [0.1, 0.15) is 0 Å². The lowest BCUT2D eigenvalue weighted by molar-refractivity contribution is 0.0872. The van der Waals surface area contributed by atoms with Gasteiger partial charge in [0.2, 0.25) is 0 Å². The minimum Gasteiger partial charge on any atom is -0.394 e. The van der Waals surface area contributed by atoms with Crippen LogP contribution in [-0.4, -0.2) is 35.0 Å². The average molecular weight is 237 g/mol. The number of rotatable bonds is 7. The number of hydrogen-bond acceptors (Lipinski definition) is 3. The number of β-amino-alcohol motifs (C(OH)–C–C–N with tert-alkyl or cyclic N) is 1. The molecule has 0 spiro atoms. The average Bonchev–Trinajstić information content (AvgIpc) is 2.35. The second-order valence-electron chi connectivity index (χ2n) is 5.09. The van der Waals surface area contributed by atoms with E-state index in [2.05, 4.69) is 31.3 Å². The molecule has 0 aliphatic rings. The quantitative estimate of drug-likeness (QED) is 0.671. The molecule has 0 bridgehead atoms. The Kier molecular flexibility index (Phi) is 5.62. The van der Waals surface area contributed by atoms with E-state index in [-0.39, 0.29) is 12.1 Å². The van der Waals surface area contributed by atoms with Crippen molar-refractivity contribution in [3.63, 3.8) is 0 Å². The van der Waals surface area contributed by atoms with Gasteiger partial charge in [-0.3, -0.25) is 0 Å². The van der Waals surface area contributed by atoms with Gasteiger partial charge in [0.15, 0.2) is 0 Å². The maximum Gasteiger partial charge on any atom is 0.0895 e. The molecule has 1 aromatic carbocycles. The summed E-state index contributed by atoms with van der Waals surface area (Å²) in [5.74, 6) is 0. The zero-order chi connectivity index (χ0) is 12.7. The SMILES string of the molecule is CC(C)(CCc1ccccc1)NC[C@H](O)CO. The Balaban J connectivity index is 2.34. The summed E-state index contributed by atoms with van der Waals surface area (Å²) in [5.41, 5.74) is 1.29. The number of aliphatic hydroxyl groups is 2. The molecule has 0 aromatic heterocycles. The molecule has 0 saturated carbocycles. The number of nitrogens with one attached hydrogen (secondary N) is 1. The molecule has 0 radical (unpaired) electrons. The summed E-state index contributed by atoms with van der Waals surface area (Å²) in [4.78, 5) is 0. The van der Waals surface area contributed by atoms with E-state index in [1.54, 1.807) is 0 Å². The second-order valence-corrected chi connectivity index (χ2v) is 5.09. The van der Waals surface area contributed by atoms with Crippen molar-refractivity contribution in [2.45, 2.75) is 38.3 Å². The minimum atomic E-state index is -0.675. The largest absolute Gasteiger partial charge is 0.394 e. The van der Waals surface area contributed by atoms with Crippen LogP contribution in [0.2, 0.25) is 0 Å². The van der Waals surface area contributed by atoms with Gasteiger partial charge in [-0.25, -0.2) is 0 Å². The number of hydrogen-bond donors (Lipinski definition) is 3. The lowest BCUT2D eigenvalue weighted by Gasteiger charge is -2.27. The molecule has 0 heterocycles. The second kappa shape index (κ2) is 6.74. The summed E-state index contributed by atoms with van der Waals surface area (Å²) in [6, 6.07) is 10.4. The molecular weight excluding hydrogens is 214 g/mol. The summed E-state index contributed by atoms with van der Waals surface area (Å²) in [6.45, 7) is 4.46.